The predicted octanol–water partition coefficient (Wildman–Crippen LogP) is 4.42. The lowest BCUT2D eigenvalue weighted by atomic mass is 9.99. The summed E-state index contributed by atoms with van der Waals surface area (Å²) < 4.78 is 5.83. The Morgan fingerprint density at radius 3 is 2.68 bits per heavy atom. The number of rotatable bonds is 7. The molecule has 1 heterocycles. The predicted molar refractivity (Wildman–Crippen MR) is 114 cm³/mol. The molecule has 1 fully saturated rings. The van der Waals surface area contributed by atoms with Gasteiger partial charge in [0.15, 0.2) is 0 Å². The lowest BCUT2D eigenvalue weighted by molar-refractivity contribution is 0.0926. The molecule has 0 unspecified atom stereocenters. The minimum Gasteiger partial charge on any atom is -0.491 e. The summed E-state index contributed by atoms with van der Waals surface area (Å²) in [6.45, 7) is 10.1. The second-order valence-corrected chi connectivity index (χ2v) is 8.13. The molecular weight excluding hydrogens is 348 g/mol. The minimum atomic E-state index is -0.0679. The van der Waals surface area contributed by atoms with Crippen LogP contribution in [0.4, 0.5) is 0 Å². The first-order valence-electron chi connectivity index (χ1n) is 10.3. The Labute approximate surface area is 168 Å². The fourth-order valence-electron chi connectivity index (χ4n) is 3.73. The monoisotopic (exact) mass is 380 g/mol. The largest absolute Gasteiger partial charge is 0.491 e. The van der Waals surface area contributed by atoms with Gasteiger partial charge in [-0.1, -0.05) is 37.3 Å². The molecule has 2 atom stereocenters. The maximum absolute atomic E-state index is 12.5. The van der Waals surface area contributed by atoms with Crippen molar-refractivity contribution in [1.82, 2.24) is 10.2 Å². The fourth-order valence-corrected chi connectivity index (χ4v) is 3.73. The summed E-state index contributed by atoms with van der Waals surface area (Å²) in [6, 6.07) is 15.8. The number of nitrogens with zero attached hydrogens (tertiary/aromatic N) is 1. The van der Waals surface area contributed by atoms with E-state index in [0.29, 0.717) is 12.2 Å². The van der Waals surface area contributed by atoms with Crippen molar-refractivity contribution in [3.05, 3.63) is 65.2 Å². The Bertz CT molecular complexity index is 772. The van der Waals surface area contributed by atoms with Crippen molar-refractivity contribution < 1.29 is 9.53 Å². The van der Waals surface area contributed by atoms with E-state index in [1.54, 1.807) is 0 Å². The van der Waals surface area contributed by atoms with Crippen LogP contribution in [0.25, 0.3) is 0 Å². The van der Waals surface area contributed by atoms with Gasteiger partial charge in [-0.25, -0.2) is 0 Å². The van der Waals surface area contributed by atoms with Gasteiger partial charge >= 0.3 is 0 Å². The summed E-state index contributed by atoms with van der Waals surface area (Å²) in [4.78, 5) is 15.0. The highest BCUT2D eigenvalue weighted by molar-refractivity contribution is 5.94. The third-order valence-corrected chi connectivity index (χ3v) is 5.32. The molecule has 4 nitrogen and oxygen atoms in total. The summed E-state index contributed by atoms with van der Waals surface area (Å²) in [7, 11) is 0. The molecule has 1 aliphatic rings. The Hall–Kier alpha value is -2.33. The number of benzene rings is 2. The number of nitrogens with one attached hydrogen (secondary N) is 1. The van der Waals surface area contributed by atoms with E-state index in [1.807, 2.05) is 50.2 Å². The van der Waals surface area contributed by atoms with Gasteiger partial charge in [0.1, 0.15) is 12.4 Å². The number of amides is 1. The van der Waals surface area contributed by atoms with E-state index in [9.17, 15) is 4.79 Å². The molecule has 2 aromatic rings. The van der Waals surface area contributed by atoms with Crippen LogP contribution in [-0.2, 0) is 6.54 Å². The first-order valence-corrected chi connectivity index (χ1v) is 10.3. The third kappa shape index (κ3) is 5.83. The smallest absolute Gasteiger partial charge is 0.251 e. The van der Waals surface area contributed by atoms with Crippen LogP contribution in [0.15, 0.2) is 48.5 Å². The lowest BCUT2D eigenvalue weighted by Gasteiger charge is -2.30. The van der Waals surface area contributed by atoms with Gasteiger partial charge in [-0.2, -0.15) is 0 Å². The third-order valence-electron chi connectivity index (χ3n) is 5.32. The molecule has 3 rings (SSSR count). The molecule has 4 heteroatoms. The number of hydrogen-bond acceptors (Lipinski definition) is 3. The molecule has 0 saturated carbocycles. The number of hydrogen-bond donors (Lipinski definition) is 1. The van der Waals surface area contributed by atoms with Gasteiger partial charge in [-0.15, -0.1) is 0 Å². The first-order chi connectivity index (χ1) is 13.5. The average Bonchev–Trinajstić information content (AvgIpc) is 2.68. The number of para-hydroxylation sites is 1. The molecule has 1 N–H and O–H groups in total. The molecule has 0 spiro atoms. The molecule has 28 heavy (non-hydrogen) atoms. The van der Waals surface area contributed by atoms with E-state index in [-0.39, 0.29) is 11.9 Å². The molecule has 0 bridgehead atoms. The zero-order valence-corrected chi connectivity index (χ0v) is 17.3. The summed E-state index contributed by atoms with van der Waals surface area (Å²) in [6.07, 6.45) is 2.62. The molecular formula is C24H32N2O2. The number of ether oxygens (including phenoxy) is 1. The van der Waals surface area contributed by atoms with Crippen LogP contribution in [-0.4, -0.2) is 36.5 Å². The summed E-state index contributed by atoms with van der Waals surface area (Å²) in [5.74, 6) is 1.58. The molecule has 150 valence electrons. The van der Waals surface area contributed by atoms with Crippen LogP contribution in [0.3, 0.4) is 0 Å². The van der Waals surface area contributed by atoms with Crippen LogP contribution in [0.5, 0.6) is 5.75 Å². The molecule has 0 aromatic heterocycles. The normalized spacial score (nSPS) is 18.5. The maximum atomic E-state index is 12.5. The van der Waals surface area contributed by atoms with Crippen LogP contribution in [0, 0.1) is 12.8 Å². The number of carbonyl (C=O) groups excluding carboxylic acids is 1. The van der Waals surface area contributed by atoms with Crippen molar-refractivity contribution in [3.63, 3.8) is 0 Å². The van der Waals surface area contributed by atoms with Gasteiger partial charge in [0.25, 0.3) is 5.91 Å². The second kappa shape index (κ2) is 9.74. The van der Waals surface area contributed by atoms with Crippen molar-refractivity contribution >= 4 is 5.91 Å². The Morgan fingerprint density at radius 2 is 1.96 bits per heavy atom. The summed E-state index contributed by atoms with van der Waals surface area (Å²) >= 11 is 0. The van der Waals surface area contributed by atoms with Gasteiger partial charge < -0.3 is 10.1 Å². The molecule has 0 aliphatic carbocycles. The second-order valence-electron chi connectivity index (χ2n) is 8.13. The number of carbonyl (C=O) groups is 1. The van der Waals surface area contributed by atoms with Crippen LogP contribution in [0.2, 0.25) is 0 Å². The van der Waals surface area contributed by atoms with E-state index < -0.39 is 0 Å². The average molecular weight is 381 g/mol. The number of likely N-dealkylation sites (tertiary alicyclic amines) is 1. The lowest BCUT2D eigenvalue weighted by Crippen LogP contribution is -2.36. The highest BCUT2D eigenvalue weighted by Gasteiger charge is 2.16. The van der Waals surface area contributed by atoms with Gasteiger partial charge in [-0.05, 0) is 68.5 Å². The SMILES string of the molecule is Cc1ccccc1OC[C@H](C)NC(=O)c1ccc(CN2CCC[C@H](C)C2)cc1. The molecule has 1 aliphatic heterocycles. The van der Waals surface area contributed by atoms with Gasteiger partial charge in [0.05, 0.1) is 6.04 Å². The maximum Gasteiger partial charge on any atom is 0.251 e. The van der Waals surface area contributed by atoms with Crippen molar-refractivity contribution in [2.24, 2.45) is 5.92 Å². The van der Waals surface area contributed by atoms with Crippen LogP contribution >= 0.6 is 0 Å². The zero-order chi connectivity index (χ0) is 19.9. The van der Waals surface area contributed by atoms with E-state index in [1.165, 1.54) is 31.5 Å². The number of aryl methyl sites for hydroxylation is 1. The summed E-state index contributed by atoms with van der Waals surface area (Å²) in [5.41, 5.74) is 3.06. The highest BCUT2D eigenvalue weighted by atomic mass is 16.5. The molecule has 0 radical (unpaired) electrons. The molecule has 1 saturated heterocycles. The zero-order valence-electron chi connectivity index (χ0n) is 17.3. The Kier molecular flexibility index (Phi) is 7.10. The van der Waals surface area contributed by atoms with Crippen molar-refractivity contribution in [1.29, 1.82) is 0 Å². The molecule has 1 amide bonds. The first kappa shape index (κ1) is 20.4. The summed E-state index contributed by atoms with van der Waals surface area (Å²) in [5, 5.41) is 3.02. The van der Waals surface area contributed by atoms with E-state index in [2.05, 4.69) is 29.3 Å². The Balaban J connectivity index is 1.48. The van der Waals surface area contributed by atoms with Gasteiger partial charge in [0.2, 0.25) is 0 Å². The van der Waals surface area contributed by atoms with Gasteiger partial charge in [-0.3, -0.25) is 9.69 Å². The van der Waals surface area contributed by atoms with Crippen molar-refractivity contribution in [2.45, 2.75) is 46.2 Å². The highest BCUT2D eigenvalue weighted by Crippen LogP contribution is 2.18. The van der Waals surface area contributed by atoms with E-state index in [0.717, 1.165) is 23.8 Å². The standard InChI is InChI=1S/C24H32N2O2/c1-18-7-6-14-26(15-18)16-21-10-12-22(13-11-21)24(27)25-20(3)17-28-23-9-5-4-8-19(23)2/h4-5,8-13,18,20H,6-7,14-17H2,1-3H3,(H,25,27)/t18-,20-/m0/s1. The fraction of sp³-hybridized carbons (Fsp3) is 0.458. The van der Waals surface area contributed by atoms with Gasteiger partial charge in [0, 0.05) is 18.7 Å². The topological polar surface area (TPSA) is 41.6 Å². The Morgan fingerprint density at radius 1 is 1.21 bits per heavy atom. The van der Waals surface area contributed by atoms with Crippen LogP contribution < -0.4 is 10.1 Å². The van der Waals surface area contributed by atoms with Crippen molar-refractivity contribution in [2.75, 3.05) is 19.7 Å². The molecule has 2 aromatic carbocycles. The number of piperidine rings is 1. The van der Waals surface area contributed by atoms with E-state index >= 15 is 0 Å². The van der Waals surface area contributed by atoms with E-state index in [4.69, 9.17) is 4.74 Å². The minimum absolute atomic E-state index is 0.0565. The van der Waals surface area contributed by atoms with Crippen molar-refractivity contribution in [3.8, 4) is 5.75 Å². The van der Waals surface area contributed by atoms with Crippen LogP contribution in [0.1, 0.15) is 48.2 Å². The quantitative estimate of drug-likeness (QED) is 0.773.